The van der Waals surface area contributed by atoms with E-state index in [2.05, 4.69) is 27.3 Å². The molecule has 0 spiro atoms. The molecular weight excluding hydrogens is 334 g/mol. The first-order valence-corrected chi connectivity index (χ1v) is 9.25. The molecule has 1 amide bonds. The van der Waals surface area contributed by atoms with Crippen LogP contribution in [-0.4, -0.2) is 35.4 Å². The van der Waals surface area contributed by atoms with E-state index >= 15 is 0 Å². The van der Waals surface area contributed by atoms with Crippen LogP contribution in [0.2, 0.25) is 5.02 Å². The first-order chi connectivity index (χ1) is 12.2. The van der Waals surface area contributed by atoms with E-state index in [-0.39, 0.29) is 11.9 Å². The number of carbonyl (C=O) groups excluding carboxylic acids is 1. The lowest BCUT2D eigenvalue weighted by Gasteiger charge is -2.28. The first-order valence-electron chi connectivity index (χ1n) is 8.87. The largest absolute Gasteiger partial charge is 0.354 e. The van der Waals surface area contributed by atoms with Gasteiger partial charge in [0.05, 0.1) is 6.04 Å². The highest BCUT2D eigenvalue weighted by Crippen LogP contribution is 2.25. The van der Waals surface area contributed by atoms with E-state index in [1.165, 1.54) is 18.4 Å². The number of likely N-dealkylation sites (tertiary alicyclic amines) is 1. The first kappa shape index (κ1) is 17.9. The molecule has 4 nitrogen and oxygen atoms in total. The standard InChI is InChI=1S/C20H24ClN3O/c21-18-8-6-17(7-9-18)19(24-12-1-2-13-24)15-23-20(25)10-5-16-4-3-11-22-14-16/h3-4,6-9,11,14,19H,1-2,5,10,12-13,15H2,(H,23,25). The van der Waals surface area contributed by atoms with Crippen molar-refractivity contribution in [3.8, 4) is 0 Å². The van der Waals surface area contributed by atoms with Gasteiger partial charge in [-0.1, -0.05) is 29.8 Å². The summed E-state index contributed by atoms with van der Waals surface area (Å²) in [5, 5.41) is 3.85. The highest BCUT2D eigenvalue weighted by molar-refractivity contribution is 6.30. The van der Waals surface area contributed by atoms with Gasteiger partial charge in [-0.2, -0.15) is 0 Å². The lowest BCUT2D eigenvalue weighted by Crippen LogP contribution is -2.36. The van der Waals surface area contributed by atoms with Crippen molar-refractivity contribution >= 4 is 17.5 Å². The number of hydrogen-bond donors (Lipinski definition) is 1. The maximum absolute atomic E-state index is 12.2. The molecule has 1 fully saturated rings. The summed E-state index contributed by atoms with van der Waals surface area (Å²) in [6, 6.07) is 12.1. The number of nitrogens with one attached hydrogen (secondary N) is 1. The van der Waals surface area contributed by atoms with Gasteiger partial charge in [0, 0.05) is 30.4 Å². The van der Waals surface area contributed by atoms with Gasteiger partial charge in [-0.05, 0) is 61.7 Å². The molecule has 2 heterocycles. The number of rotatable bonds is 7. The van der Waals surface area contributed by atoms with Gasteiger partial charge in [0.1, 0.15) is 0 Å². The second-order valence-corrected chi connectivity index (χ2v) is 6.91. The Morgan fingerprint density at radius 2 is 1.96 bits per heavy atom. The molecule has 1 N–H and O–H groups in total. The molecule has 0 radical (unpaired) electrons. The summed E-state index contributed by atoms with van der Waals surface area (Å²) in [4.78, 5) is 18.8. The van der Waals surface area contributed by atoms with Crippen LogP contribution in [0.4, 0.5) is 0 Å². The van der Waals surface area contributed by atoms with Crippen LogP contribution >= 0.6 is 11.6 Å². The Labute approximate surface area is 154 Å². The number of pyridine rings is 1. The topological polar surface area (TPSA) is 45.2 Å². The van der Waals surface area contributed by atoms with Crippen molar-refractivity contribution in [2.24, 2.45) is 0 Å². The van der Waals surface area contributed by atoms with Crippen LogP contribution in [0, 0.1) is 0 Å². The normalized spacial score (nSPS) is 15.9. The Hall–Kier alpha value is -1.91. The Balaban J connectivity index is 1.56. The van der Waals surface area contributed by atoms with Gasteiger partial charge >= 0.3 is 0 Å². The Kier molecular flexibility index (Phi) is 6.42. The molecule has 1 aromatic carbocycles. The molecule has 25 heavy (non-hydrogen) atoms. The molecule has 0 bridgehead atoms. The van der Waals surface area contributed by atoms with Crippen LogP contribution < -0.4 is 5.32 Å². The smallest absolute Gasteiger partial charge is 0.220 e. The predicted molar refractivity (Wildman–Crippen MR) is 101 cm³/mol. The van der Waals surface area contributed by atoms with Crippen molar-refractivity contribution in [1.82, 2.24) is 15.2 Å². The van der Waals surface area contributed by atoms with E-state index in [9.17, 15) is 4.79 Å². The lowest BCUT2D eigenvalue weighted by atomic mass is 10.1. The van der Waals surface area contributed by atoms with E-state index in [0.29, 0.717) is 13.0 Å². The van der Waals surface area contributed by atoms with Crippen LogP contribution in [0.5, 0.6) is 0 Å². The highest BCUT2D eigenvalue weighted by Gasteiger charge is 2.23. The second-order valence-electron chi connectivity index (χ2n) is 6.48. The van der Waals surface area contributed by atoms with Gasteiger partial charge in [0.25, 0.3) is 0 Å². The Morgan fingerprint density at radius 3 is 2.64 bits per heavy atom. The van der Waals surface area contributed by atoms with Crippen molar-refractivity contribution < 1.29 is 4.79 Å². The number of hydrogen-bond acceptors (Lipinski definition) is 3. The number of carbonyl (C=O) groups is 1. The minimum atomic E-state index is 0.0852. The van der Waals surface area contributed by atoms with E-state index in [0.717, 1.165) is 30.1 Å². The molecular formula is C20H24ClN3O. The molecule has 1 aliphatic heterocycles. The number of benzene rings is 1. The van der Waals surface area contributed by atoms with Crippen LogP contribution in [0.25, 0.3) is 0 Å². The average Bonchev–Trinajstić information content (AvgIpc) is 3.17. The number of halogens is 1. The SMILES string of the molecule is O=C(CCc1cccnc1)NCC(c1ccc(Cl)cc1)N1CCCC1. The fourth-order valence-electron chi connectivity index (χ4n) is 3.30. The molecule has 1 unspecified atom stereocenters. The quantitative estimate of drug-likeness (QED) is 0.823. The van der Waals surface area contributed by atoms with E-state index in [1.807, 2.05) is 30.5 Å². The Morgan fingerprint density at radius 1 is 1.20 bits per heavy atom. The maximum Gasteiger partial charge on any atom is 0.220 e. The predicted octanol–water partition coefficient (Wildman–Crippen LogP) is 3.62. The number of aryl methyl sites for hydroxylation is 1. The summed E-state index contributed by atoms with van der Waals surface area (Å²) in [7, 11) is 0. The third-order valence-electron chi connectivity index (χ3n) is 4.69. The van der Waals surface area contributed by atoms with Gasteiger partial charge in [0.2, 0.25) is 5.91 Å². The van der Waals surface area contributed by atoms with Crippen molar-refractivity contribution in [1.29, 1.82) is 0 Å². The molecule has 1 aliphatic rings. The minimum absolute atomic E-state index is 0.0852. The van der Waals surface area contributed by atoms with Gasteiger partial charge < -0.3 is 5.32 Å². The molecule has 132 valence electrons. The molecule has 0 aliphatic carbocycles. The molecule has 2 aromatic rings. The molecule has 1 saturated heterocycles. The lowest BCUT2D eigenvalue weighted by molar-refractivity contribution is -0.121. The van der Waals surface area contributed by atoms with Gasteiger partial charge in [-0.25, -0.2) is 0 Å². The summed E-state index contributed by atoms with van der Waals surface area (Å²) in [6.07, 6.45) is 7.20. The number of nitrogens with zero attached hydrogens (tertiary/aromatic N) is 2. The zero-order valence-corrected chi connectivity index (χ0v) is 15.1. The van der Waals surface area contributed by atoms with Gasteiger partial charge in [-0.15, -0.1) is 0 Å². The molecule has 3 rings (SSSR count). The third kappa shape index (κ3) is 5.28. The molecule has 1 atom stereocenters. The van der Waals surface area contributed by atoms with Crippen LogP contribution in [0.1, 0.15) is 36.4 Å². The summed E-state index contributed by atoms with van der Waals surface area (Å²) in [6.45, 7) is 2.80. The molecule has 5 heteroatoms. The fraction of sp³-hybridized carbons (Fsp3) is 0.400. The van der Waals surface area contributed by atoms with Crippen molar-refractivity contribution in [3.05, 3.63) is 64.9 Å². The summed E-state index contributed by atoms with van der Waals surface area (Å²) >= 11 is 6.01. The van der Waals surface area contributed by atoms with Crippen molar-refractivity contribution in [3.63, 3.8) is 0 Å². The van der Waals surface area contributed by atoms with Crippen molar-refractivity contribution in [2.45, 2.75) is 31.7 Å². The zero-order chi connectivity index (χ0) is 17.5. The van der Waals surface area contributed by atoms with E-state index in [1.54, 1.807) is 6.20 Å². The molecule has 1 aromatic heterocycles. The third-order valence-corrected chi connectivity index (χ3v) is 4.94. The number of amides is 1. The fourth-order valence-corrected chi connectivity index (χ4v) is 3.42. The van der Waals surface area contributed by atoms with E-state index < -0.39 is 0 Å². The summed E-state index contributed by atoms with van der Waals surface area (Å²) < 4.78 is 0. The summed E-state index contributed by atoms with van der Waals surface area (Å²) in [5.41, 5.74) is 2.30. The maximum atomic E-state index is 12.2. The average molecular weight is 358 g/mol. The van der Waals surface area contributed by atoms with Gasteiger partial charge in [-0.3, -0.25) is 14.7 Å². The monoisotopic (exact) mass is 357 g/mol. The van der Waals surface area contributed by atoms with Crippen molar-refractivity contribution in [2.75, 3.05) is 19.6 Å². The van der Waals surface area contributed by atoms with Crippen LogP contribution in [0.15, 0.2) is 48.8 Å². The number of aromatic nitrogens is 1. The van der Waals surface area contributed by atoms with Crippen LogP contribution in [-0.2, 0) is 11.2 Å². The summed E-state index contributed by atoms with van der Waals surface area (Å²) in [5.74, 6) is 0.0852. The van der Waals surface area contributed by atoms with E-state index in [4.69, 9.17) is 11.6 Å². The molecule has 0 saturated carbocycles. The van der Waals surface area contributed by atoms with Crippen LogP contribution in [0.3, 0.4) is 0 Å². The second kappa shape index (κ2) is 8.97. The highest BCUT2D eigenvalue weighted by atomic mass is 35.5. The Bertz CT molecular complexity index is 669. The minimum Gasteiger partial charge on any atom is -0.354 e. The van der Waals surface area contributed by atoms with Gasteiger partial charge in [0.15, 0.2) is 0 Å². The zero-order valence-electron chi connectivity index (χ0n) is 14.3.